The van der Waals surface area contributed by atoms with Crippen molar-refractivity contribution in [2.75, 3.05) is 26.9 Å². The molecular weight excluding hydrogens is 388 g/mol. The van der Waals surface area contributed by atoms with E-state index in [-0.39, 0.29) is 12.5 Å². The van der Waals surface area contributed by atoms with E-state index in [9.17, 15) is 4.79 Å². The molecule has 0 fully saturated rings. The van der Waals surface area contributed by atoms with Crippen molar-refractivity contribution < 1.29 is 19.0 Å². The van der Waals surface area contributed by atoms with Crippen molar-refractivity contribution in [2.45, 2.75) is 13.3 Å². The second-order valence-electron chi connectivity index (χ2n) is 6.15. The Bertz CT molecular complexity index is 907. The Labute approximate surface area is 174 Å². The van der Waals surface area contributed by atoms with Crippen LogP contribution in [0.2, 0.25) is 0 Å². The van der Waals surface area contributed by atoms with Gasteiger partial charge in [-0.15, -0.1) is 11.3 Å². The number of nitrogens with one attached hydrogen (secondary N) is 1. The largest absolute Gasteiger partial charge is 0.497 e. The summed E-state index contributed by atoms with van der Waals surface area (Å²) in [4.78, 5) is 16.6. The molecule has 0 aliphatic carbocycles. The number of hydrogen-bond acceptors (Lipinski definition) is 6. The van der Waals surface area contributed by atoms with Crippen LogP contribution in [-0.4, -0.2) is 37.8 Å². The van der Waals surface area contributed by atoms with Crippen LogP contribution in [0.5, 0.6) is 17.2 Å². The van der Waals surface area contributed by atoms with Gasteiger partial charge in [0.1, 0.15) is 17.2 Å². The first-order valence-electron chi connectivity index (χ1n) is 9.39. The molecule has 152 valence electrons. The van der Waals surface area contributed by atoms with E-state index in [0.717, 1.165) is 27.8 Å². The first-order chi connectivity index (χ1) is 14.2. The van der Waals surface area contributed by atoms with Gasteiger partial charge in [-0.3, -0.25) is 4.79 Å². The first-order valence-corrected chi connectivity index (χ1v) is 10.3. The number of methoxy groups -OCH3 is 1. The predicted molar refractivity (Wildman–Crippen MR) is 114 cm³/mol. The van der Waals surface area contributed by atoms with Crippen molar-refractivity contribution in [3.63, 3.8) is 0 Å². The van der Waals surface area contributed by atoms with Gasteiger partial charge in [-0.05, 0) is 55.5 Å². The van der Waals surface area contributed by atoms with Crippen LogP contribution < -0.4 is 19.5 Å². The number of nitrogens with zero attached hydrogens (tertiary/aromatic N) is 1. The highest BCUT2D eigenvalue weighted by atomic mass is 32.1. The molecule has 0 saturated carbocycles. The van der Waals surface area contributed by atoms with E-state index < -0.39 is 0 Å². The SMILES string of the molecule is CCOc1ccc(OCC(=O)NCCc2nc(-c3ccc(OC)cc3)cs2)cc1. The minimum absolute atomic E-state index is 0.0249. The van der Waals surface area contributed by atoms with Gasteiger partial charge in [0.25, 0.3) is 5.91 Å². The van der Waals surface area contributed by atoms with Crippen LogP contribution in [0.4, 0.5) is 0 Å². The fourth-order valence-electron chi connectivity index (χ4n) is 2.63. The lowest BCUT2D eigenvalue weighted by Crippen LogP contribution is -2.30. The highest BCUT2D eigenvalue weighted by Gasteiger charge is 2.07. The second kappa shape index (κ2) is 10.5. The van der Waals surface area contributed by atoms with E-state index in [1.54, 1.807) is 30.6 Å². The van der Waals surface area contributed by atoms with Crippen LogP contribution in [0.25, 0.3) is 11.3 Å². The molecular formula is C22H24N2O4S. The van der Waals surface area contributed by atoms with Crippen molar-refractivity contribution in [3.05, 3.63) is 58.9 Å². The highest BCUT2D eigenvalue weighted by molar-refractivity contribution is 7.09. The summed E-state index contributed by atoms with van der Waals surface area (Å²) < 4.78 is 16.0. The van der Waals surface area contributed by atoms with Crippen molar-refractivity contribution in [2.24, 2.45) is 0 Å². The van der Waals surface area contributed by atoms with E-state index in [4.69, 9.17) is 14.2 Å². The molecule has 0 atom stereocenters. The topological polar surface area (TPSA) is 69.7 Å². The van der Waals surface area contributed by atoms with Gasteiger partial charge in [0.2, 0.25) is 0 Å². The molecule has 1 aromatic heterocycles. The highest BCUT2D eigenvalue weighted by Crippen LogP contribution is 2.24. The number of amides is 1. The van der Waals surface area contributed by atoms with Gasteiger partial charge in [-0.25, -0.2) is 4.98 Å². The Balaban J connectivity index is 1.40. The number of carbonyl (C=O) groups excluding carboxylic acids is 1. The maximum atomic E-state index is 12.0. The summed E-state index contributed by atoms with van der Waals surface area (Å²) >= 11 is 1.58. The molecule has 3 rings (SSSR count). The smallest absolute Gasteiger partial charge is 0.257 e. The van der Waals surface area contributed by atoms with Crippen molar-refractivity contribution in [1.29, 1.82) is 0 Å². The Hall–Kier alpha value is -3.06. The Morgan fingerprint density at radius 2 is 1.66 bits per heavy atom. The van der Waals surface area contributed by atoms with E-state index in [1.807, 2.05) is 48.7 Å². The van der Waals surface area contributed by atoms with Gasteiger partial charge in [0.15, 0.2) is 6.61 Å². The monoisotopic (exact) mass is 412 g/mol. The lowest BCUT2D eigenvalue weighted by atomic mass is 10.2. The van der Waals surface area contributed by atoms with E-state index in [0.29, 0.717) is 25.3 Å². The molecule has 1 N–H and O–H groups in total. The molecule has 1 heterocycles. The van der Waals surface area contributed by atoms with Crippen molar-refractivity contribution >= 4 is 17.2 Å². The number of benzene rings is 2. The molecule has 6 nitrogen and oxygen atoms in total. The summed E-state index contributed by atoms with van der Waals surface area (Å²) in [6.07, 6.45) is 0.676. The number of rotatable bonds is 10. The van der Waals surface area contributed by atoms with Crippen LogP contribution in [0.15, 0.2) is 53.9 Å². The Morgan fingerprint density at radius 1 is 1.00 bits per heavy atom. The lowest BCUT2D eigenvalue weighted by molar-refractivity contribution is -0.123. The summed E-state index contributed by atoms with van der Waals surface area (Å²) in [5.41, 5.74) is 1.97. The summed E-state index contributed by atoms with van der Waals surface area (Å²) in [7, 11) is 1.65. The zero-order valence-electron chi connectivity index (χ0n) is 16.5. The maximum absolute atomic E-state index is 12.0. The summed E-state index contributed by atoms with van der Waals surface area (Å²) in [5.74, 6) is 2.07. The van der Waals surface area contributed by atoms with Gasteiger partial charge in [0, 0.05) is 23.9 Å². The third kappa shape index (κ3) is 6.22. The third-order valence-corrected chi connectivity index (χ3v) is 5.01. The van der Waals surface area contributed by atoms with Crippen molar-refractivity contribution in [1.82, 2.24) is 10.3 Å². The molecule has 0 bridgehead atoms. The molecule has 2 aromatic carbocycles. The van der Waals surface area contributed by atoms with Crippen LogP contribution in [0.1, 0.15) is 11.9 Å². The molecule has 1 amide bonds. The average molecular weight is 413 g/mol. The van der Waals surface area contributed by atoms with Gasteiger partial charge in [-0.2, -0.15) is 0 Å². The predicted octanol–water partition coefficient (Wildman–Crippen LogP) is 3.96. The normalized spacial score (nSPS) is 10.4. The number of carbonyl (C=O) groups is 1. The third-order valence-electron chi connectivity index (χ3n) is 4.10. The number of hydrogen-bond donors (Lipinski definition) is 1. The second-order valence-corrected chi connectivity index (χ2v) is 7.09. The Morgan fingerprint density at radius 3 is 2.31 bits per heavy atom. The van der Waals surface area contributed by atoms with Gasteiger partial charge >= 0.3 is 0 Å². The molecule has 0 aliphatic rings. The molecule has 0 saturated heterocycles. The molecule has 3 aromatic rings. The van der Waals surface area contributed by atoms with Gasteiger partial charge < -0.3 is 19.5 Å². The van der Waals surface area contributed by atoms with E-state index >= 15 is 0 Å². The van der Waals surface area contributed by atoms with E-state index in [2.05, 4.69) is 10.3 Å². The van der Waals surface area contributed by atoms with Crippen LogP contribution in [0.3, 0.4) is 0 Å². The first kappa shape index (κ1) is 20.7. The zero-order valence-corrected chi connectivity index (χ0v) is 17.3. The van der Waals surface area contributed by atoms with Crippen LogP contribution in [-0.2, 0) is 11.2 Å². The van der Waals surface area contributed by atoms with Gasteiger partial charge in [0.05, 0.1) is 24.4 Å². The minimum Gasteiger partial charge on any atom is -0.497 e. The molecule has 29 heavy (non-hydrogen) atoms. The molecule has 0 spiro atoms. The molecule has 0 radical (unpaired) electrons. The van der Waals surface area contributed by atoms with Crippen molar-refractivity contribution in [3.8, 4) is 28.5 Å². The number of thiazole rings is 1. The zero-order chi connectivity index (χ0) is 20.5. The number of ether oxygens (including phenoxy) is 3. The minimum atomic E-state index is -0.161. The standard InChI is InChI=1S/C22H24N2O4S/c1-3-27-18-8-10-19(11-9-18)28-14-21(25)23-13-12-22-24-20(15-29-22)16-4-6-17(26-2)7-5-16/h4-11,15H,3,12-14H2,1-2H3,(H,23,25). The number of aromatic nitrogens is 1. The quantitative estimate of drug-likeness (QED) is 0.546. The van der Waals surface area contributed by atoms with Gasteiger partial charge in [-0.1, -0.05) is 0 Å². The lowest BCUT2D eigenvalue weighted by Gasteiger charge is -2.08. The summed E-state index contributed by atoms with van der Waals surface area (Å²) in [6, 6.07) is 15.0. The van der Waals surface area contributed by atoms with Crippen LogP contribution in [0, 0.1) is 0 Å². The average Bonchev–Trinajstić information content (AvgIpc) is 3.22. The molecule has 0 unspecified atom stereocenters. The Kier molecular flexibility index (Phi) is 7.47. The van der Waals surface area contributed by atoms with E-state index in [1.165, 1.54) is 0 Å². The molecule has 7 heteroatoms. The molecule has 0 aliphatic heterocycles. The fourth-order valence-corrected chi connectivity index (χ4v) is 3.44. The summed E-state index contributed by atoms with van der Waals surface area (Å²) in [6.45, 7) is 3.04. The van der Waals surface area contributed by atoms with Crippen LogP contribution >= 0.6 is 11.3 Å². The fraction of sp³-hybridized carbons (Fsp3) is 0.273. The summed E-state index contributed by atoms with van der Waals surface area (Å²) in [5, 5.41) is 5.86. The maximum Gasteiger partial charge on any atom is 0.257 e.